The highest BCUT2D eigenvalue weighted by Gasteiger charge is 2.12. The molecule has 0 bridgehead atoms. The van der Waals surface area contributed by atoms with E-state index in [-0.39, 0.29) is 12.6 Å². The molecule has 0 atom stereocenters. The first kappa shape index (κ1) is 13.5. The van der Waals surface area contributed by atoms with Crippen molar-refractivity contribution in [1.29, 1.82) is 5.26 Å². The molecule has 0 saturated carbocycles. The summed E-state index contributed by atoms with van der Waals surface area (Å²) in [6, 6.07) is 6.43. The van der Waals surface area contributed by atoms with Gasteiger partial charge in [0.25, 0.3) is 0 Å². The smallest absolute Gasteiger partial charge is 0.126 e. The lowest BCUT2D eigenvalue weighted by Gasteiger charge is -2.29. The number of nitrogens with zero attached hydrogens (tertiary/aromatic N) is 2. The van der Waals surface area contributed by atoms with Crippen LogP contribution in [-0.2, 0) is 0 Å². The molecule has 0 aliphatic rings. The molecular formula is C13H17FN2O. The Morgan fingerprint density at radius 1 is 1.41 bits per heavy atom. The Morgan fingerprint density at radius 3 is 2.65 bits per heavy atom. The first-order valence-electron chi connectivity index (χ1n) is 5.66. The Hall–Kier alpha value is -1.60. The van der Waals surface area contributed by atoms with Gasteiger partial charge in [0.1, 0.15) is 5.82 Å². The van der Waals surface area contributed by atoms with Crippen LogP contribution in [0.5, 0.6) is 0 Å². The van der Waals surface area contributed by atoms with Gasteiger partial charge in [0.2, 0.25) is 0 Å². The van der Waals surface area contributed by atoms with Crippen LogP contribution in [0.1, 0.15) is 25.8 Å². The number of anilines is 1. The van der Waals surface area contributed by atoms with Gasteiger partial charge in [0.05, 0.1) is 11.6 Å². The van der Waals surface area contributed by atoms with E-state index >= 15 is 0 Å². The summed E-state index contributed by atoms with van der Waals surface area (Å²) in [6.07, 6.45) is 0.622. The molecule has 0 aliphatic heterocycles. The highest BCUT2D eigenvalue weighted by molar-refractivity contribution is 5.52. The number of hydrogen-bond acceptors (Lipinski definition) is 3. The molecule has 4 heteroatoms. The van der Waals surface area contributed by atoms with Gasteiger partial charge in [-0.3, -0.25) is 0 Å². The van der Waals surface area contributed by atoms with Crippen molar-refractivity contribution >= 4 is 5.69 Å². The molecule has 0 heterocycles. The molecule has 0 spiro atoms. The molecule has 1 aromatic rings. The van der Waals surface area contributed by atoms with E-state index in [9.17, 15) is 4.39 Å². The van der Waals surface area contributed by atoms with Crippen molar-refractivity contribution in [2.75, 3.05) is 18.1 Å². The van der Waals surface area contributed by atoms with Crippen LogP contribution in [0, 0.1) is 17.1 Å². The summed E-state index contributed by atoms with van der Waals surface area (Å²) in [5.74, 6) is -0.409. The molecule has 0 unspecified atom stereocenters. The molecule has 17 heavy (non-hydrogen) atoms. The molecule has 0 fully saturated rings. The van der Waals surface area contributed by atoms with Crippen LogP contribution in [0.3, 0.4) is 0 Å². The zero-order valence-corrected chi connectivity index (χ0v) is 10.2. The van der Waals surface area contributed by atoms with Crippen molar-refractivity contribution in [3.8, 4) is 6.07 Å². The first-order chi connectivity index (χ1) is 8.08. The zero-order chi connectivity index (χ0) is 12.8. The fourth-order valence-corrected chi connectivity index (χ4v) is 1.73. The van der Waals surface area contributed by atoms with Crippen molar-refractivity contribution in [3.63, 3.8) is 0 Å². The maximum Gasteiger partial charge on any atom is 0.126 e. The number of benzene rings is 1. The molecule has 0 amide bonds. The number of aliphatic hydroxyl groups is 1. The summed E-state index contributed by atoms with van der Waals surface area (Å²) >= 11 is 0. The Kier molecular flexibility index (Phi) is 4.92. The van der Waals surface area contributed by atoms with Gasteiger partial charge in [-0.25, -0.2) is 4.39 Å². The quantitative estimate of drug-likeness (QED) is 0.853. The van der Waals surface area contributed by atoms with Crippen LogP contribution in [0.15, 0.2) is 18.2 Å². The SMILES string of the molecule is CC(C)N(CCCO)c1cc(F)cc(C#N)c1. The second-order valence-corrected chi connectivity index (χ2v) is 4.17. The minimum Gasteiger partial charge on any atom is -0.396 e. The lowest BCUT2D eigenvalue weighted by Crippen LogP contribution is -2.32. The molecule has 0 radical (unpaired) electrons. The maximum absolute atomic E-state index is 13.3. The summed E-state index contributed by atoms with van der Waals surface area (Å²) < 4.78 is 13.3. The predicted octanol–water partition coefficient (Wildman–Crippen LogP) is 2.29. The first-order valence-corrected chi connectivity index (χ1v) is 5.66. The lowest BCUT2D eigenvalue weighted by molar-refractivity contribution is 0.288. The highest BCUT2D eigenvalue weighted by atomic mass is 19.1. The summed E-state index contributed by atoms with van der Waals surface area (Å²) in [4.78, 5) is 1.97. The van der Waals surface area contributed by atoms with Crippen LogP contribution in [-0.4, -0.2) is 24.3 Å². The van der Waals surface area contributed by atoms with E-state index in [1.165, 1.54) is 12.1 Å². The summed E-state index contributed by atoms with van der Waals surface area (Å²) in [7, 11) is 0. The number of nitriles is 1. The van der Waals surface area contributed by atoms with Crippen molar-refractivity contribution in [3.05, 3.63) is 29.6 Å². The highest BCUT2D eigenvalue weighted by Crippen LogP contribution is 2.20. The standard InChI is InChI=1S/C13H17FN2O/c1-10(2)16(4-3-5-17)13-7-11(9-15)6-12(14)8-13/h6-8,10,17H,3-5H2,1-2H3. The van der Waals surface area contributed by atoms with Crippen LogP contribution in [0.25, 0.3) is 0 Å². The van der Waals surface area contributed by atoms with E-state index in [0.717, 1.165) is 0 Å². The zero-order valence-electron chi connectivity index (χ0n) is 10.2. The largest absolute Gasteiger partial charge is 0.396 e. The maximum atomic E-state index is 13.3. The Morgan fingerprint density at radius 2 is 2.12 bits per heavy atom. The van der Waals surface area contributed by atoms with Gasteiger partial charge < -0.3 is 10.0 Å². The Bertz CT molecular complexity index is 412. The molecule has 0 saturated heterocycles. The molecule has 1 N–H and O–H groups in total. The van der Waals surface area contributed by atoms with E-state index in [0.29, 0.717) is 24.2 Å². The third-order valence-corrected chi connectivity index (χ3v) is 2.52. The number of rotatable bonds is 5. The van der Waals surface area contributed by atoms with E-state index in [1.807, 2.05) is 24.8 Å². The third-order valence-electron chi connectivity index (χ3n) is 2.52. The summed E-state index contributed by atoms with van der Waals surface area (Å²) in [6.45, 7) is 4.73. The fourth-order valence-electron chi connectivity index (χ4n) is 1.73. The van der Waals surface area contributed by atoms with Gasteiger partial charge in [-0.2, -0.15) is 5.26 Å². The van der Waals surface area contributed by atoms with Gasteiger partial charge >= 0.3 is 0 Å². The number of aliphatic hydroxyl groups excluding tert-OH is 1. The lowest BCUT2D eigenvalue weighted by atomic mass is 10.1. The second-order valence-electron chi connectivity index (χ2n) is 4.17. The van der Waals surface area contributed by atoms with Gasteiger partial charge in [-0.1, -0.05) is 0 Å². The van der Waals surface area contributed by atoms with E-state index in [2.05, 4.69) is 0 Å². The van der Waals surface area contributed by atoms with E-state index in [4.69, 9.17) is 10.4 Å². The molecule has 1 rings (SSSR count). The minimum absolute atomic E-state index is 0.101. The van der Waals surface area contributed by atoms with Crippen molar-refractivity contribution < 1.29 is 9.50 Å². The summed E-state index contributed by atoms with van der Waals surface area (Å²) in [5, 5.41) is 17.7. The van der Waals surface area contributed by atoms with Gasteiger partial charge in [0.15, 0.2) is 0 Å². The van der Waals surface area contributed by atoms with Gasteiger partial charge in [0, 0.05) is 24.9 Å². The van der Waals surface area contributed by atoms with Crippen molar-refractivity contribution in [2.24, 2.45) is 0 Å². The third kappa shape index (κ3) is 3.72. The number of halogens is 1. The molecule has 92 valence electrons. The number of hydrogen-bond donors (Lipinski definition) is 1. The molecular weight excluding hydrogens is 219 g/mol. The Labute approximate surface area is 101 Å². The molecule has 0 aromatic heterocycles. The van der Waals surface area contributed by atoms with Crippen LogP contribution < -0.4 is 4.90 Å². The monoisotopic (exact) mass is 236 g/mol. The van der Waals surface area contributed by atoms with Crippen LogP contribution >= 0.6 is 0 Å². The molecule has 0 aliphatic carbocycles. The average Bonchev–Trinajstić information content (AvgIpc) is 2.28. The Balaban J connectivity index is 3.01. The van der Waals surface area contributed by atoms with Crippen LogP contribution in [0.4, 0.5) is 10.1 Å². The molecule has 3 nitrogen and oxygen atoms in total. The van der Waals surface area contributed by atoms with E-state index < -0.39 is 5.82 Å². The topological polar surface area (TPSA) is 47.3 Å². The normalized spacial score (nSPS) is 10.4. The average molecular weight is 236 g/mol. The minimum atomic E-state index is -0.409. The van der Waals surface area contributed by atoms with E-state index in [1.54, 1.807) is 6.07 Å². The second kappa shape index (κ2) is 6.21. The van der Waals surface area contributed by atoms with Gasteiger partial charge in [-0.05, 0) is 38.5 Å². The predicted molar refractivity (Wildman–Crippen MR) is 65.3 cm³/mol. The van der Waals surface area contributed by atoms with Gasteiger partial charge in [-0.15, -0.1) is 0 Å². The van der Waals surface area contributed by atoms with Crippen molar-refractivity contribution in [2.45, 2.75) is 26.3 Å². The fraction of sp³-hybridized carbons (Fsp3) is 0.462. The van der Waals surface area contributed by atoms with Crippen molar-refractivity contribution in [1.82, 2.24) is 0 Å². The van der Waals surface area contributed by atoms with Crippen LogP contribution in [0.2, 0.25) is 0 Å². The summed E-state index contributed by atoms with van der Waals surface area (Å²) in [5.41, 5.74) is 1.000. The molecule has 1 aromatic carbocycles.